The van der Waals surface area contributed by atoms with Crippen molar-refractivity contribution in [3.63, 3.8) is 0 Å². The van der Waals surface area contributed by atoms with Crippen LogP contribution in [0.15, 0.2) is 53.1 Å². The normalized spacial score (nSPS) is 27.2. The number of halogens is 1. The Morgan fingerprint density at radius 2 is 1.88 bits per heavy atom. The molecule has 5 heteroatoms. The molecule has 4 rings (SSSR count). The third-order valence-electron chi connectivity index (χ3n) is 5.82. The van der Waals surface area contributed by atoms with Crippen molar-refractivity contribution in [3.8, 4) is 0 Å². The fraction of sp³-hybridized carbons (Fsp3) is 0.476. The van der Waals surface area contributed by atoms with Crippen molar-refractivity contribution in [2.45, 2.75) is 37.4 Å². The Balaban J connectivity index is 1.54. The Morgan fingerprint density at radius 1 is 1.08 bits per heavy atom. The van der Waals surface area contributed by atoms with E-state index in [0.29, 0.717) is 12.0 Å². The number of hydrogen-bond acceptors (Lipinski definition) is 4. The maximum absolute atomic E-state index is 10.00. The van der Waals surface area contributed by atoms with Gasteiger partial charge in [0, 0.05) is 41.8 Å². The van der Waals surface area contributed by atoms with E-state index in [2.05, 4.69) is 67.1 Å². The number of hydrogen-bond donors (Lipinski definition) is 1. The average molecular weight is 416 g/mol. The maximum Gasteiger partial charge on any atom is 0.0593 e. The molecular formula is C21H26BrN3O. The topological polar surface area (TPSA) is 39.6 Å². The summed E-state index contributed by atoms with van der Waals surface area (Å²) in [6.07, 6.45) is 4.28. The molecule has 0 spiro atoms. The molecule has 2 aliphatic rings. The quantitative estimate of drug-likeness (QED) is 0.831. The number of benzene rings is 1. The molecule has 0 unspecified atom stereocenters. The Hall–Kier alpha value is -1.27. The first-order chi connectivity index (χ1) is 12.8. The molecular weight excluding hydrogens is 390 g/mol. The highest BCUT2D eigenvalue weighted by atomic mass is 79.9. The molecule has 0 radical (unpaired) electrons. The number of aromatic nitrogens is 1. The highest BCUT2D eigenvalue weighted by molar-refractivity contribution is 9.10. The lowest BCUT2D eigenvalue weighted by atomic mass is 9.74. The van der Waals surface area contributed by atoms with Crippen LogP contribution in [-0.2, 0) is 6.54 Å². The Kier molecular flexibility index (Phi) is 5.69. The molecule has 4 nitrogen and oxygen atoms in total. The van der Waals surface area contributed by atoms with Crippen molar-refractivity contribution in [2.75, 3.05) is 26.2 Å². The summed E-state index contributed by atoms with van der Waals surface area (Å²) in [6, 6.07) is 15.5. The van der Waals surface area contributed by atoms with Crippen LogP contribution < -0.4 is 0 Å². The summed E-state index contributed by atoms with van der Waals surface area (Å²) in [6.45, 7) is 4.39. The minimum Gasteiger partial charge on any atom is -0.395 e. The number of pyridine rings is 1. The van der Waals surface area contributed by atoms with Gasteiger partial charge >= 0.3 is 0 Å². The summed E-state index contributed by atoms with van der Waals surface area (Å²) in [7, 11) is 0. The van der Waals surface area contributed by atoms with E-state index >= 15 is 0 Å². The van der Waals surface area contributed by atoms with Crippen molar-refractivity contribution < 1.29 is 5.11 Å². The van der Waals surface area contributed by atoms with Gasteiger partial charge in [-0.1, -0.05) is 34.1 Å². The first-order valence-corrected chi connectivity index (χ1v) is 10.3. The van der Waals surface area contributed by atoms with Crippen molar-refractivity contribution in [1.29, 1.82) is 0 Å². The molecule has 2 aliphatic heterocycles. The van der Waals surface area contributed by atoms with Gasteiger partial charge in [0.25, 0.3) is 0 Å². The van der Waals surface area contributed by atoms with Gasteiger partial charge < -0.3 is 5.11 Å². The van der Waals surface area contributed by atoms with Crippen molar-refractivity contribution in [2.24, 2.45) is 0 Å². The molecule has 2 aromatic rings. The van der Waals surface area contributed by atoms with E-state index in [1.165, 1.54) is 18.4 Å². The van der Waals surface area contributed by atoms with Crippen LogP contribution in [0.2, 0.25) is 0 Å². The van der Waals surface area contributed by atoms with Gasteiger partial charge in [-0.05, 0) is 55.8 Å². The van der Waals surface area contributed by atoms with Crippen LogP contribution in [0.4, 0.5) is 0 Å². The molecule has 1 aromatic carbocycles. The molecule has 3 atom stereocenters. The fourth-order valence-corrected chi connectivity index (χ4v) is 4.83. The van der Waals surface area contributed by atoms with Crippen molar-refractivity contribution in [3.05, 3.63) is 64.4 Å². The SMILES string of the molecule is OC[C@@H]1[C@@H](c2ccc(Br)cc2)[C@H]2CN(Cc3ccccn3)CCCCN12. The lowest BCUT2D eigenvalue weighted by Gasteiger charge is -2.57. The molecule has 0 amide bonds. The number of rotatable bonds is 4. The predicted octanol–water partition coefficient (Wildman–Crippen LogP) is 3.27. The van der Waals surface area contributed by atoms with E-state index in [0.717, 1.165) is 36.3 Å². The van der Waals surface area contributed by atoms with E-state index in [9.17, 15) is 5.11 Å². The first-order valence-electron chi connectivity index (χ1n) is 9.50. The largest absolute Gasteiger partial charge is 0.395 e. The van der Waals surface area contributed by atoms with Gasteiger partial charge in [0.1, 0.15) is 0 Å². The van der Waals surface area contributed by atoms with Gasteiger partial charge in [0.2, 0.25) is 0 Å². The lowest BCUT2D eigenvalue weighted by Crippen LogP contribution is -2.67. The summed E-state index contributed by atoms with van der Waals surface area (Å²) < 4.78 is 1.10. The summed E-state index contributed by atoms with van der Waals surface area (Å²) in [5.74, 6) is 0.400. The highest BCUT2D eigenvalue weighted by Gasteiger charge is 2.48. The molecule has 2 saturated heterocycles. The third-order valence-corrected chi connectivity index (χ3v) is 6.35. The number of nitrogens with zero attached hydrogens (tertiary/aromatic N) is 3. The van der Waals surface area contributed by atoms with E-state index in [-0.39, 0.29) is 12.6 Å². The second kappa shape index (κ2) is 8.17. The molecule has 3 heterocycles. The molecule has 0 aliphatic carbocycles. The summed E-state index contributed by atoms with van der Waals surface area (Å²) in [5, 5.41) is 10.00. The lowest BCUT2D eigenvalue weighted by molar-refractivity contribution is -0.0656. The molecule has 138 valence electrons. The van der Waals surface area contributed by atoms with Crippen molar-refractivity contribution in [1.82, 2.24) is 14.8 Å². The smallest absolute Gasteiger partial charge is 0.0593 e. The first kappa shape index (κ1) is 18.1. The van der Waals surface area contributed by atoms with E-state index in [1.54, 1.807) is 0 Å². The number of fused-ring (bicyclic) bond motifs is 1. The van der Waals surface area contributed by atoms with Crippen LogP contribution in [0.5, 0.6) is 0 Å². The molecule has 1 aromatic heterocycles. The van der Waals surface area contributed by atoms with E-state index in [4.69, 9.17) is 0 Å². The van der Waals surface area contributed by atoms with Crippen LogP contribution in [0.25, 0.3) is 0 Å². The zero-order valence-corrected chi connectivity index (χ0v) is 16.6. The van der Waals surface area contributed by atoms with Crippen LogP contribution in [0.1, 0.15) is 30.0 Å². The molecule has 1 N–H and O–H groups in total. The molecule has 0 bridgehead atoms. The van der Waals surface area contributed by atoms with Gasteiger partial charge in [-0.15, -0.1) is 0 Å². The Morgan fingerprint density at radius 3 is 2.62 bits per heavy atom. The number of aliphatic hydroxyl groups excluding tert-OH is 1. The van der Waals surface area contributed by atoms with Gasteiger partial charge in [-0.2, -0.15) is 0 Å². The van der Waals surface area contributed by atoms with Gasteiger partial charge in [0.15, 0.2) is 0 Å². The van der Waals surface area contributed by atoms with Crippen LogP contribution >= 0.6 is 15.9 Å². The second-order valence-corrected chi connectivity index (χ2v) is 8.31. The van der Waals surface area contributed by atoms with Gasteiger partial charge in [-0.25, -0.2) is 0 Å². The van der Waals surface area contributed by atoms with Gasteiger partial charge in [0.05, 0.1) is 12.3 Å². The summed E-state index contributed by atoms with van der Waals surface area (Å²) in [4.78, 5) is 9.57. The average Bonchev–Trinajstić information content (AvgIpc) is 2.65. The minimum atomic E-state index is 0.234. The zero-order chi connectivity index (χ0) is 17.9. The Bertz CT molecular complexity index is 709. The fourth-order valence-electron chi connectivity index (χ4n) is 4.56. The van der Waals surface area contributed by atoms with Crippen LogP contribution in [0.3, 0.4) is 0 Å². The highest BCUT2D eigenvalue weighted by Crippen LogP contribution is 2.42. The van der Waals surface area contributed by atoms with E-state index < -0.39 is 0 Å². The van der Waals surface area contributed by atoms with Crippen LogP contribution in [-0.4, -0.2) is 58.2 Å². The third kappa shape index (κ3) is 3.72. The number of aliphatic hydroxyl groups is 1. The summed E-state index contributed by atoms with van der Waals surface area (Å²) >= 11 is 3.53. The van der Waals surface area contributed by atoms with Crippen LogP contribution in [0, 0.1) is 0 Å². The molecule has 26 heavy (non-hydrogen) atoms. The summed E-state index contributed by atoms with van der Waals surface area (Å²) in [5.41, 5.74) is 2.48. The second-order valence-electron chi connectivity index (χ2n) is 7.40. The monoisotopic (exact) mass is 415 g/mol. The Labute approximate surface area is 164 Å². The standard InChI is InChI=1S/C21H26BrN3O/c22-17-8-6-16(7-9-17)21-19-14-24(13-18-5-1-2-10-23-18)11-3-4-12-25(19)20(21)15-26/h1-2,5-10,19-21,26H,3-4,11-15H2/t19-,20-,21+/m1/s1. The predicted molar refractivity (Wildman–Crippen MR) is 107 cm³/mol. The van der Waals surface area contributed by atoms with Gasteiger partial charge in [-0.3, -0.25) is 14.8 Å². The molecule has 0 saturated carbocycles. The van der Waals surface area contributed by atoms with Crippen molar-refractivity contribution >= 4 is 15.9 Å². The maximum atomic E-state index is 10.00. The minimum absolute atomic E-state index is 0.234. The van der Waals surface area contributed by atoms with E-state index in [1.807, 2.05) is 12.3 Å². The molecule has 2 fully saturated rings. The zero-order valence-electron chi connectivity index (χ0n) is 15.0.